The Kier molecular flexibility index (Phi) is 4.89. The van der Waals surface area contributed by atoms with Crippen molar-refractivity contribution in [1.29, 1.82) is 0 Å². The largest absolute Gasteiger partial charge is 0.274 e. The molecule has 0 bridgehead atoms. The van der Waals surface area contributed by atoms with Crippen LogP contribution in [0.3, 0.4) is 0 Å². The molecule has 1 amide bonds. The molecule has 0 unspecified atom stereocenters. The van der Waals surface area contributed by atoms with Gasteiger partial charge in [-0.3, -0.25) is 9.52 Å². The quantitative estimate of drug-likeness (QED) is 0.652. The third-order valence-corrected chi connectivity index (χ3v) is 1.91. The highest BCUT2D eigenvalue weighted by Gasteiger charge is 2.06. The molecule has 72 valence electrons. The first-order valence-corrected chi connectivity index (χ1v) is 5.85. The van der Waals surface area contributed by atoms with E-state index in [1.807, 2.05) is 11.6 Å². The summed E-state index contributed by atoms with van der Waals surface area (Å²) in [4.78, 5) is 10.8. The lowest BCUT2D eigenvalue weighted by Gasteiger charge is -2.00. The molecule has 5 heteroatoms. The van der Waals surface area contributed by atoms with E-state index in [-0.39, 0.29) is 0 Å². The third kappa shape index (κ3) is 7.53. The van der Waals surface area contributed by atoms with Gasteiger partial charge in [-0.05, 0) is 6.42 Å². The van der Waals surface area contributed by atoms with Crippen LogP contribution in [-0.4, -0.2) is 20.6 Å². The summed E-state index contributed by atoms with van der Waals surface area (Å²) >= 11 is 0. The topological polar surface area (TPSA) is 63.2 Å². The molecule has 0 heterocycles. The van der Waals surface area contributed by atoms with Crippen molar-refractivity contribution in [1.82, 2.24) is 4.72 Å². The van der Waals surface area contributed by atoms with Crippen LogP contribution >= 0.6 is 0 Å². The summed E-state index contributed by atoms with van der Waals surface area (Å²) in [7, 11) is -3.36. The number of hydrogen-bond donors (Lipinski definition) is 1. The van der Waals surface area contributed by atoms with Crippen molar-refractivity contribution >= 4 is 15.9 Å². The van der Waals surface area contributed by atoms with E-state index in [4.69, 9.17) is 0 Å². The minimum absolute atomic E-state index is 0.293. The second-order valence-corrected chi connectivity index (χ2v) is 4.50. The van der Waals surface area contributed by atoms with E-state index in [0.717, 1.165) is 25.5 Å². The fraction of sp³-hybridized carbons (Fsp3) is 0.857. The molecule has 0 saturated carbocycles. The van der Waals surface area contributed by atoms with Crippen molar-refractivity contribution in [3.8, 4) is 0 Å². The number of nitrogens with one attached hydrogen (secondary N) is 1. The van der Waals surface area contributed by atoms with Gasteiger partial charge in [-0.1, -0.05) is 19.8 Å². The second kappa shape index (κ2) is 5.13. The van der Waals surface area contributed by atoms with Gasteiger partial charge in [-0.25, -0.2) is 8.42 Å². The van der Waals surface area contributed by atoms with Crippen LogP contribution in [0.5, 0.6) is 0 Å². The summed E-state index contributed by atoms with van der Waals surface area (Å²) < 4.78 is 23.0. The van der Waals surface area contributed by atoms with Crippen LogP contribution in [-0.2, 0) is 14.8 Å². The number of unbranched alkanes of at least 4 members (excludes halogenated alkanes) is 2. The summed E-state index contributed by atoms with van der Waals surface area (Å²) in [6, 6.07) is 0. The first-order chi connectivity index (χ1) is 5.45. The molecule has 0 aromatic rings. The van der Waals surface area contributed by atoms with Gasteiger partial charge in [0.05, 0.1) is 6.26 Å². The molecule has 0 spiro atoms. The number of sulfonamides is 1. The Bertz CT molecular complexity index is 233. The normalized spacial score (nSPS) is 11.2. The Labute approximate surface area is 73.4 Å². The molecular formula is C7H15NO3S. The minimum atomic E-state index is -3.36. The van der Waals surface area contributed by atoms with E-state index >= 15 is 0 Å². The van der Waals surface area contributed by atoms with Crippen molar-refractivity contribution < 1.29 is 13.2 Å². The van der Waals surface area contributed by atoms with Gasteiger partial charge in [0.15, 0.2) is 0 Å². The van der Waals surface area contributed by atoms with Crippen molar-refractivity contribution in [2.75, 3.05) is 6.26 Å². The Balaban J connectivity index is 3.62. The van der Waals surface area contributed by atoms with Gasteiger partial charge < -0.3 is 0 Å². The molecule has 0 atom stereocenters. The summed E-state index contributed by atoms with van der Waals surface area (Å²) in [6.45, 7) is 2.02. The number of amides is 1. The zero-order valence-corrected chi connectivity index (χ0v) is 8.28. The Morgan fingerprint density at radius 1 is 1.33 bits per heavy atom. The molecule has 0 aromatic heterocycles. The summed E-state index contributed by atoms with van der Waals surface area (Å²) in [6.07, 6.45) is 3.99. The highest BCUT2D eigenvalue weighted by Crippen LogP contribution is 1.98. The highest BCUT2D eigenvalue weighted by molar-refractivity contribution is 7.89. The molecule has 0 radical (unpaired) electrons. The summed E-state index contributed by atoms with van der Waals surface area (Å²) in [5.74, 6) is -0.411. The average Bonchev–Trinajstić information content (AvgIpc) is 1.84. The standard InChI is InChI=1S/C7H15NO3S/c1-3-4-5-6-7(9)8-12(2,10)11/h3-6H2,1-2H3,(H,8,9). The van der Waals surface area contributed by atoms with Gasteiger partial charge in [-0.15, -0.1) is 0 Å². The molecule has 0 aliphatic carbocycles. The van der Waals surface area contributed by atoms with Gasteiger partial charge in [-0.2, -0.15) is 0 Å². The van der Waals surface area contributed by atoms with Crippen molar-refractivity contribution in [3.05, 3.63) is 0 Å². The number of carbonyl (C=O) groups is 1. The first kappa shape index (κ1) is 11.4. The maximum absolute atomic E-state index is 10.8. The van der Waals surface area contributed by atoms with E-state index in [1.54, 1.807) is 0 Å². The van der Waals surface area contributed by atoms with Gasteiger partial charge in [0.2, 0.25) is 15.9 Å². The van der Waals surface area contributed by atoms with E-state index in [0.29, 0.717) is 6.42 Å². The molecule has 0 rings (SSSR count). The van der Waals surface area contributed by atoms with Crippen molar-refractivity contribution in [3.63, 3.8) is 0 Å². The monoisotopic (exact) mass is 193 g/mol. The minimum Gasteiger partial charge on any atom is -0.274 e. The zero-order valence-electron chi connectivity index (χ0n) is 7.46. The van der Waals surface area contributed by atoms with E-state index in [9.17, 15) is 13.2 Å². The van der Waals surface area contributed by atoms with E-state index < -0.39 is 15.9 Å². The van der Waals surface area contributed by atoms with Crippen LogP contribution in [0.25, 0.3) is 0 Å². The SMILES string of the molecule is CCCCCC(=O)NS(C)(=O)=O. The lowest BCUT2D eigenvalue weighted by molar-refractivity contribution is -0.119. The number of rotatable bonds is 5. The maximum atomic E-state index is 10.8. The predicted molar refractivity (Wildman–Crippen MR) is 47.1 cm³/mol. The lowest BCUT2D eigenvalue weighted by atomic mass is 10.2. The van der Waals surface area contributed by atoms with Crippen molar-refractivity contribution in [2.24, 2.45) is 0 Å². The van der Waals surface area contributed by atoms with Crippen LogP contribution in [0.15, 0.2) is 0 Å². The molecular weight excluding hydrogens is 178 g/mol. The molecule has 4 nitrogen and oxygen atoms in total. The van der Waals surface area contributed by atoms with Gasteiger partial charge in [0.25, 0.3) is 0 Å². The maximum Gasteiger partial charge on any atom is 0.233 e. The lowest BCUT2D eigenvalue weighted by Crippen LogP contribution is -2.28. The summed E-state index contributed by atoms with van der Waals surface area (Å²) in [5.41, 5.74) is 0. The van der Waals surface area contributed by atoms with Crippen LogP contribution in [0.2, 0.25) is 0 Å². The van der Waals surface area contributed by atoms with Crippen LogP contribution in [0.4, 0.5) is 0 Å². The molecule has 0 aliphatic rings. The van der Waals surface area contributed by atoms with Crippen LogP contribution in [0, 0.1) is 0 Å². The average molecular weight is 193 g/mol. The Morgan fingerprint density at radius 2 is 1.92 bits per heavy atom. The fourth-order valence-corrected chi connectivity index (χ4v) is 1.31. The van der Waals surface area contributed by atoms with Crippen LogP contribution in [0.1, 0.15) is 32.6 Å². The van der Waals surface area contributed by atoms with Gasteiger partial charge in [0, 0.05) is 6.42 Å². The van der Waals surface area contributed by atoms with Crippen molar-refractivity contribution in [2.45, 2.75) is 32.6 Å². The molecule has 12 heavy (non-hydrogen) atoms. The number of carbonyl (C=O) groups excluding carboxylic acids is 1. The summed E-state index contributed by atoms with van der Waals surface area (Å²) in [5, 5.41) is 0. The van der Waals surface area contributed by atoms with E-state index in [1.165, 1.54) is 0 Å². The van der Waals surface area contributed by atoms with Gasteiger partial charge in [0.1, 0.15) is 0 Å². The molecule has 1 N–H and O–H groups in total. The van der Waals surface area contributed by atoms with Crippen LogP contribution < -0.4 is 4.72 Å². The zero-order chi connectivity index (χ0) is 9.61. The Hall–Kier alpha value is -0.580. The molecule has 0 fully saturated rings. The molecule has 0 aromatic carbocycles. The van der Waals surface area contributed by atoms with E-state index in [2.05, 4.69) is 0 Å². The second-order valence-electron chi connectivity index (χ2n) is 2.75. The first-order valence-electron chi connectivity index (χ1n) is 3.96. The number of hydrogen-bond acceptors (Lipinski definition) is 3. The highest BCUT2D eigenvalue weighted by atomic mass is 32.2. The predicted octanol–water partition coefficient (Wildman–Crippen LogP) is 0.643. The van der Waals surface area contributed by atoms with Gasteiger partial charge >= 0.3 is 0 Å². The Morgan fingerprint density at radius 3 is 2.33 bits per heavy atom. The fourth-order valence-electron chi connectivity index (χ4n) is 0.793. The molecule has 0 aliphatic heterocycles. The molecule has 0 saturated heterocycles. The smallest absolute Gasteiger partial charge is 0.233 e. The third-order valence-electron chi connectivity index (χ3n) is 1.31.